The minimum atomic E-state index is -1.11. The van der Waals surface area contributed by atoms with Crippen LogP contribution >= 0.6 is 0 Å². The Morgan fingerprint density at radius 3 is 2.30 bits per heavy atom. The van der Waals surface area contributed by atoms with Gasteiger partial charge in [0, 0.05) is 19.0 Å². The second kappa shape index (κ2) is 13.0. The average molecular weight is 551 g/mol. The summed E-state index contributed by atoms with van der Waals surface area (Å²) in [6.07, 6.45) is -0.199. The van der Waals surface area contributed by atoms with Gasteiger partial charge in [-0.3, -0.25) is 14.4 Å². The van der Waals surface area contributed by atoms with E-state index >= 15 is 0 Å². The number of amides is 4. The summed E-state index contributed by atoms with van der Waals surface area (Å²) in [7, 11) is 0. The molecular formula is C31H42N4O5. The van der Waals surface area contributed by atoms with Crippen LogP contribution in [-0.4, -0.2) is 46.4 Å². The number of ether oxygens (including phenoxy) is 1. The number of rotatable bonds is 11. The van der Waals surface area contributed by atoms with E-state index in [-0.39, 0.29) is 30.7 Å². The monoisotopic (exact) mass is 550 g/mol. The molecule has 0 spiro atoms. The van der Waals surface area contributed by atoms with Crippen LogP contribution in [0.25, 0.3) is 0 Å². The number of hydrogen-bond acceptors (Lipinski definition) is 5. The van der Waals surface area contributed by atoms with E-state index in [2.05, 4.69) is 10.6 Å². The number of alkyl carbamates (subject to hydrolysis) is 1. The van der Waals surface area contributed by atoms with Gasteiger partial charge < -0.3 is 26.0 Å². The third kappa shape index (κ3) is 8.56. The summed E-state index contributed by atoms with van der Waals surface area (Å²) in [6.45, 7) is 11.3. The lowest BCUT2D eigenvalue weighted by molar-refractivity contribution is -0.143. The van der Waals surface area contributed by atoms with Crippen molar-refractivity contribution in [1.82, 2.24) is 15.5 Å². The van der Waals surface area contributed by atoms with Gasteiger partial charge in [0.25, 0.3) is 0 Å². The Morgan fingerprint density at radius 1 is 1.07 bits per heavy atom. The van der Waals surface area contributed by atoms with Crippen LogP contribution in [0, 0.1) is 19.8 Å². The highest BCUT2D eigenvalue weighted by Crippen LogP contribution is 2.41. The standard InChI is InChI=1S/C31H42N4O5/c1-19-12-13-20(2)23(16-19)27(28(37)33-18-22-10-8-7-9-11-22)35(25-17-21(25)3)29(38)24(14-15-26(32)36)34-30(39)40-31(4,5)6/h7-13,16,21,24-25,27H,14-15,17-18H2,1-6H3,(H2,32,36)(H,33,37)(H,34,39). The minimum absolute atomic E-state index is 0.0177. The van der Waals surface area contributed by atoms with Gasteiger partial charge in [0.05, 0.1) is 0 Å². The fraction of sp³-hybridized carbons (Fsp3) is 0.484. The van der Waals surface area contributed by atoms with Crippen LogP contribution in [0.5, 0.6) is 0 Å². The zero-order valence-electron chi connectivity index (χ0n) is 24.3. The molecule has 1 saturated carbocycles. The summed E-state index contributed by atoms with van der Waals surface area (Å²) in [5.74, 6) is -1.21. The first-order valence-electron chi connectivity index (χ1n) is 13.8. The van der Waals surface area contributed by atoms with Gasteiger partial charge in [-0.15, -0.1) is 0 Å². The third-order valence-electron chi connectivity index (χ3n) is 6.91. The Morgan fingerprint density at radius 2 is 1.73 bits per heavy atom. The number of carbonyl (C=O) groups excluding carboxylic acids is 4. The molecule has 0 aromatic heterocycles. The lowest BCUT2D eigenvalue weighted by Gasteiger charge is -2.35. The number of hydrogen-bond donors (Lipinski definition) is 3. The van der Waals surface area contributed by atoms with Crippen molar-refractivity contribution < 1.29 is 23.9 Å². The molecule has 40 heavy (non-hydrogen) atoms. The van der Waals surface area contributed by atoms with Crippen LogP contribution < -0.4 is 16.4 Å². The lowest BCUT2D eigenvalue weighted by Crippen LogP contribution is -2.54. The van der Waals surface area contributed by atoms with Crippen molar-refractivity contribution in [1.29, 1.82) is 0 Å². The Hall–Kier alpha value is -3.88. The maximum absolute atomic E-state index is 14.3. The second-order valence-corrected chi connectivity index (χ2v) is 11.7. The second-order valence-electron chi connectivity index (χ2n) is 11.7. The summed E-state index contributed by atoms with van der Waals surface area (Å²) in [5, 5.41) is 5.66. The van der Waals surface area contributed by atoms with Gasteiger partial charge in [0.1, 0.15) is 17.7 Å². The molecule has 0 saturated heterocycles. The molecule has 1 aliphatic rings. The van der Waals surface area contributed by atoms with Crippen LogP contribution in [0.15, 0.2) is 48.5 Å². The number of primary amides is 1. The normalized spacial score (nSPS) is 17.8. The summed E-state index contributed by atoms with van der Waals surface area (Å²) >= 11 is 0. The molecule has 1 fully saturated rings. The summed E-state index contributed by atoms with van der Waals surface area (Å²) in [4.78, 5) is 54.2. The fourth-order valence-corrected chi connectivity index (χ4v) is 4.70. The van der Waals surface area contributed by atoms with E-state index in [9.17, 15) is 19.2 Å². The zero-order valence-corrected chi connectivity index (χ0v) is 24.3. The molecule has 4 N–H and O–H groups in total. The molecule has 9 heteroatoms. The summed E-state index contributed by atoms with van der Waals surface area (Å²) in [5.41, 5.74) is 8.08. The zero-order chi connectivity index (χ0) is 29.6. The van der Waals surface area contributed by atoms with E-state index < -0.39 is 35.6 Å². The molecule has 9 nitrogen and oxygen atoms in total. The Labute approximate surface area is 236 Å². The van der Waals surface area contributed by atoms with E-state index in [0.29, 0.717) is 18.5 Å². The van der Waals surface area contributed by atoms with Crippen molar-refractivity contribution in [3.05, 3.63) is 70.8 Å². The van der Waals surface area contributed by atoms with Crippen molar-refractivity contribution in [3.63, 3.8) is 0 Å². The van der Waals surface area contributed by atoms with E-state index in [0.717, 1.165) is 16.7 Å². The maximum atomic E-state index is 14.3. The highest BCUT2D eigenvalue weighted by molar-refractivity contribution is 5.93. The molecule has 2 aromatic rings. The van der Waals surface area contributed by atoms with Crippen molar-refractivity contribution in [3.8, 4) is 0 Å². The first kappa shape index (κ1) is 30.7. The fourth-order valence-electron chi connectivity index (χ4n) is 4.70. The first-order valence-corrected chi connectivity index (χ1v) is 13.8. The van der Waals surface area contributed by atoms with Crippen LogP contribution in [0.2, 0.25) is 0 Å². The predicted octanol–water partition coefficient (Wildman–Crippen LogP) is 4.06. The number of benzene rings is 2. The Balaban J connectivity index is 2.01. The molecule has 0 heterocycles. The van der Waals surface area contributed by atoms with E-state index in [1.165, 1.54) is 0 Å². The van der Waals surface area contributed by atoms with Crippen LogP contribution in [0.1, 0.15) is 75.3 Å². The number of nitrogens with one attached hydrogen (secondary N) is 2. The van der Waals surface area contributed by atoms with Gasteiger partial charge >= 0.3 is 6.09 Å². The van der Waals surface area contributed by atoms with Crippen LogP contribution in [0.3, 0.4) is 0 Å². The number of nitrogens with zero attached hydrogens (tertiary/aromatic N) is 1. The van der Waals surface area contributed by atoms with Crippen molar-refractivity contribution in [2.24, 2.45) is 11.7 Å². The van der Waals surface area contributed by atoms with Crippen molar-refractivity contribution in [2.45, 2.75) is 91.1 Å². The van der Waals surface area contributed by atoms with Crippen LogP contribution in [0.4, 0.5) is 4.79 Å². The molecule has 216 valence electrons. The maximum Gasteiger partial charge on any atom is 0.408 e. The summed E-state index contributed by atoms with van der Waals surface area (Å²) in [6, 6.07) is 13.1. The molecule has 4 unspecified atom stereocenters. The van der Waals surface area contributed by atoms with Gasteiger partial charge in [-0.1, -0.05) is 61.0 Å². The minimum Gasteiger partial charge on any atom is -0.444 e. The first-order chi connectivity index (χ1) is 18.8. The van der Waals surface area contributed by atoms with E-state index in [1.54, 1.807) is 25.7 Å². The predicted molar refractivity (Wildman–Crippen MR) is 153 cm³/mol. The van der Waals surface area contributed by atoms with Crippen LogP contribution in [-0.2, 0) is 25.7 Å². The summed E-state index contributed by atoms with van der Waals surface area (Å²) < 4.78 is 5.40. The van der Waals surface area contributed by atoms with Gasteiger partial charge in [0.2, 0.25) is 17.7 Å². The molecule has 4 amide bonds. The average Bonchev–Trinajstić information content (AvgIpc) is 3.59. The molecule has 4 atom stereocenters. The number of nitrogens with two attached hydrogens (primary N) is 1. The van der Waals surface area contributed by atoms with Crippen molar-refractivity contribution in [2.75, 3.05) is 0 Å². The van der Waals surface area contributed by atoms with Crippen molar-refractivity contribution >= 4 is 23.8 Å². The molecule has 0 radical (unpaired) electrons. The quantitative estimate of drug-likeness (QED) is 0.388. The largest absolute Gasteiger partial charge is 0.444 e. The molecule has 0 bridgehead atoms. The third-order valence-corrected chi connectivity index (χ3v) is 6.91. The molecule has 2 aromatic carbocycles. The lowest BCUT2D eigenvalue weighted by atomic mass is 9.95. The SMILES string of the molecule is Cc1ccc(C)c(C(C(=O)NCc2ccccc2)N(C(=O)C(CCC(N)=O)NC(=O)OC(C)(C)C)C2CC2C)c1. The molecular weight excluding hydrogens is 508 g/mol. The van der Waals surface area contributed by atoms with Gasteiger partial charge in [-0.2, -0.15) is 0 Å². The number of aryl methyl sites for hydroxylation is 2. The molecule has 3 rings (SSSR count). The highest BCUT2D eigenvalue weighted by atomic mass is 16.6. The van der Waals surface area contributed by atoms with Gasteiger partial charge in [-0.05, 0) is 70.1 Å². The smallest absolute Gasteiger partial charge is 0.408 e. The van der Waals surface area contributed by atoms with E-state index in [4.69, 9.17) is 10.5 Å². The van der Waals surface area contributed by atoms with Gasteiger partial charge in [-0.25, -0.2) is 4.79 Å². The Bertz CT molecular complexity index is 1220. The molecule has 0 aliphatic heterocycles. The highest BCUT2D eigenvalue weighted by Gasteiger charge is 2.48. The van der Waals surface area contributed by atoms with E-state index in [1.807, 2.05) is 69.3 Å². The topological polar surface area (TPSA) is 131 Å². The van der Waals surface area contributed by atoms with Gasteiger partial charge in [0.15, 0.2) is 0 Å². The number of carbonyl (C=O) groups is 4. The molecule has 1 aliphatic carbocycles. The Kier molecular flexibility index (Phi) is 9.95.